The van der Waals surface area contributed by atoms with Crippen molar-refractivity contribution in [2.75, 3.05) is 7.11 Å². The summed E-state index contributed by atoms with van der Waals surface area (Å²) in [6.07, 6.45) is 1.33. The Labute approximate surface area is 113 Å². The van der Waals surface area contributed by atoms with Crippen LogP contribution in [-0.2, 0) is 11.3 Å². The molecule has 0 radical (unpaired) electrons. The van der Waals surface area contributed by atoms with Gasteiger partial charge < -0.3 is 10.1 Å². The van der Waals surface area contributed by atoms with Gasteiger partial charge in [-0.05, 0) is 36.5 Å². The van der Waals surface area contributed by atoms with E-state index in [1.807, 2.05) is 24.3 Å². The van der Waals surface area contributed by atoms with E-state index in [1.54, 1.807) is 7.11 Å². The summed E-state index contributed by atoms with van der Waals surface area (Å²) in [4.78, 5) is 12.1. The Balaban J connectivity index is 1.91. The Bertz CT molecular complexity index is 496. The van der Waals surface area contributed by atoms with Gasteiger partial charge in [-0.2, -0.15) is 5.26 Å². The molecule has 0 heterocycles. The monoisotopic (exact) mass is 258 g/mol. The third kappa shape index (κ3) is 2.70. The van der Waals surface area contributed by atoms with Crippen LogP contribution in [0.2, 0.25) is 0 Å². The van der Waals surface area contributed by atoms with Gasteiger partial charge in [-0.1, -0.05) is 19.1 Å². The molecule has 1 aliphatic carbocycles. The second-order valence-electron chi connectivity index (χ2n) is 5.24. The number of ether oxygens (including phenoxy) is 1. The predicted molar refractivity (Wildman–Crippen MR) is 71.3 cm³/mol. The largest absolute Gasteiger partial charge is 0.497 e. The maximum atomic E-state index is 12.1. The van der Waals surface area contributed by atoms with Gasteiger partial charge in [0.15, 0.2) is 0 Å². The molecular formula is C15H18N2O2. The van der Waals surface area contributed by atoms with E-state index in [2.05, 4.69) is 18.3 Å². The lowest BCUT2D eigenvalue weighted by Crippen LogP contribution is -2.47. The molecule has 2 rings (SSSR count). The van der Waals surface area contributed by atoms with Gasteiger partial charge in [-0.15, -0.1) is 0 Å². The molecule has 1 amide bonds. The number of rotatable bonds is 4. The lowest BCUT2D eigenvalue weighted by atomic mass is 9.63. The van der Waals surface area contributed by atoms with Crippen molar-refractivity contribution < 1.29 is 9.53 Å². The standard InChI is InChI=1S/C15H18N2O2/c1-11-7-15(8-11,10-16)14(18)17-9-12-3-5-13(19-2)6-4-12/h3-6,11H,7-9H2,1-2H3,(H,17,18). The smallest absolute Gasteiger partial charge is 0.240 e. The van der Waals surface area contributed by atoms with Crippen LogP contribution in [0.5, 0.6) is 5.75 Å². The molecule has 1 fully saturated rings. The summed E-state index contributed by atoms with van der Waals surface area (Å²) < 4.78 is 5.07. The maximum Gasteiger partial charge on any atom is 0.240 e. The van der Waals surface area contributed by atoms with Crippen LogP contribution in [0.15, 0.2) is 24.3 Å². The fourth-order valence-electron chi connectivity index (χ4n) is 2.55. The van der Waals surface area contributed by atoms with Gasteiger partial charge in [0, 0.05) is 6.54 Å². The number of benzene rings is 1. The van der Waals surface area contributed by atoms with Crippen LogP contribution < -0.4 is 10.1 Å². The van der Waals surface area contributed by atoms with Crippen LogP contribution in [0.3, 0.4) is 0 Å². The zero-order valence-corrected chi connectivity index (χ0v) is 11.3. The normalized spacial score (nSPS) is 25.0. The molecule has 0 unspecified atom stereocenters. The van der Waals surface area contributed by atoms with E-state index in [9.17, 15) is 4.79 Å². The molecule has 1 N–H and O–H groups in total. The van der Waals surface area contributed by atoms with Crippen LogP contribution in [0, 0.1) is 22.7 Å². The van der Waals surface area contributed by atoms with Crippen LogP contribution >= 0.6 is 0 Å². The molecule has 4 heteroatoms. The lowest BCUT2D eigenvalue weighted by Gasteiger charge is -2.39. The Morgan fingerprint density at radius 1 is 1.47 bits per heavy atom. The highest BCUT2D eigenvalue weighted by atomic mass is 16.5. The number of methoxy groups -OCH3 is 1. The highest BCUT2D eigenvalue weighted by Gasteiger charge is 2.48. The van der Waals surface area contributed by atoms with Gasteiger partial charge in [0.1, 0.15) is 11.2 Å². The first-order valence-corrected chi connectivity index (χ1v) is 6.42. The summed E-state index contributed by atoms with van der Waals surface area (Å²) in [7, 11) is 1.62. The number of nitrogens with one attached hydrogen (secondary N) is 1. The number of nitrogens with zero attached hydrogens (tertiary/aromatic N) is 1. The van der Waals surface area contributed by atoms with Gasteiger partial charge >= 0.3 is 0 Å². The summed E-state index contributed by atoms with van der Waals surface area (Å²) in [5.41, 5.74) is 0.195. The van der Waals surface area contributed by atoms with Crippen molar-refractivity contribution >= 4 is 5.91 Å². The molecule has 0 saturated heterocycles. The average Bonchev–Trinajstić information content (AvgIpc) is 2.41. The van der Waals surface area contributed by atoms with Crippen molar-refractivity contribution in [2.24, 2.45) is 11.3 Å². The molecule has 4 nitrogen and oxygen atoms in total. The van der Waals surface area contributed by atoms with Gasteiger partial charge in [0.2, 0.25) is 5.91 Å². The highest BCUT2D eigenvalue weighted by molar-refractivity contribution is 5.86. The fraction of sp³-hybridized carbons (Fsp3) is 0.467. The molecular weight excluding hydrogens is 240 g/mol. The molecule has 19 heavy (non-hydrogen) atoms. The Kier molecular flexibility index (Phi) is 3.75. The second-order valence-corrected chi connectivity index (χ2v) is 5.24. The number of nitriles is 1. The Hall–Kier alpha value is -2.02. The number of hydrogen-bond acceptors (Lipinski definition) is 3. The first-order valence-electron chi connectivity index (χ1n) is 6.42. The van der Waals surface area contributed by atoms with Gasteiger partial charge in [0.05, 0.1) is 13.2 Å². The molecule has 0 atom stereocenters. The topological polar surface area (TPSA) is 62.1 Å². The van der Waals surface area contributed by atoms with Crippen molar-refractivity contribution in [3.63, 3.8) is 0 Å². The van der Waals surface area contributed by atoms with E-state index < -0.39 is 5.41 Å². The molecule has 1 saturated carbocycles. The predicted octanol–water partition coefficient (Wildman–Crippen LogP) is 2.25. The number of amides is 1. The first-order chi connectivity index (χ1) is 9.09. The third-order valence-corrected chi connectivity index (χ3v) is 3.65. The zero-order chi connectivity index (χ0) is 13.9. The molecule has 100 valence electrons. The molecule has 0 aliphatic heterocycles. The fourth-order valence-corrected chi connectivity index (χ4v) is 2.55. The molecule has 1 aromatic rings. The van der Waals surface area contributed by atoms with Gasteiger partial charge in [-0.3, -0.25) is 4.79 Å². The summed E-state index contributed by atoms with van der Waals surface area (Å²) in [6.45, 7) is 2.51. The SMILES string of the molecule is COc1ccc(CNC(=O)C2(C#N)CC(C)C2)cc1. The van der Waals surface area contributed by atoms with Crippen LogP contribution in [0.1, 0.15) is 25.3 Å². The van der Waals surface area contributed by atoms with Crippen molar-refractivity contribution in [3.8, 4) is 11.8 Å². The van der Waals surface area contributed by atoms with Crippen molar-refractivity contribution in [2.45, 2.75) is 26.3 Å². The molecule has 1 aliphatic rings. The first kappa shape index (κ1) is 13.4. The quantitative estimate of drug-likeness (QED) is 0.901. The van der Waals surface area contributed by atoms with Gasteiger partial charge in [-0.25, -0.2) is 0 Å². The number of hydrogen-bond donors (Lipinski definition) is 1. The Morgan fingerprint density at radius 3 is 2.58 bits per heavy atom. The van der Waals surface area contributed by atoms with Crippen molar-refractivity contribution in [3.05, 3.63) is 29.8 Å². The summed E-state index contributed by atoms with van der Waals surface area (Å²) >= 11 is 0. The van der Waals surface area contributed by atoms with Crippen LogP contribution in [0.25, 0.3) is 0 Å². The third-order valence-electron chi connectivity index (χ3n) is 3.65. The second kappa shape index (κ2) is 5.31. The highest BCUT2D eigenvalue weighted by Crippen LogP contribution is 2.45. The zero-order valence-electron chi connectivity index (χ0n) is 11.3. The van der Waals surface area contributed by atoms with E-state index in [4.69, 9.17) is 10.00 Å². The Morgan fingerprint density at radius 2 is 2.11 bits per heavy atom. The molecule has 0 aromatic heterocycles. The van der Waals surface area contributed by atoms with Gasteiger partial charge in [0.25, 0.3) is 0 Å². The van der Waals surface area contributed by atoms with E-state index in [0.29, 0.717) is 25.3 Å². The summed E-state index contributed by atoms with van der Waals surface area (Å²) in [5, 5.41) is 12.0. The summed E-state index contributed by atoms with van der Waals surface area (Å²) in [5.74, 6) is 1.10. The minimum Gasteiger partial charge on any atom is -0.497 e. The van der Waals surface area contributed by atoms with Crippen molar-refractivity contribution in [1.29, 1.82) is 5.26 Å². The number of carbonyl (C=O) groups excluding carboxylic acids is 1. The minimum absolute atomic E-state index is 0.149. The van der Waals surface area contributed by atoms with Crippen molar-refractivity contribution in [1.82, 2.24) is 5.32 Å². The van der Waals surface area contributed by atoms with E-state index in [-0.39, 0.29) is 5.91 Å². The lowest BCUT2D eigenvalue weighted by molar-refractivity contribution is -0.134. The summed E-state index contributed by atoms with van der Waals surface area (Å²) in [6, 6.07) is 9.68. The average molecular weight is 258 g/mol. The molecule has 1 aromatic carbocycles. The van der Waals surface area contributed by atoms with E-state index >= 15 is 0 Å². The molecule has 0 bridgehead atoms. The number of carbonyl (C=O) groups is 1. The van der Waals surface area contributed by atoms with E-state index in [0.717, 1.165) is 11.3 Å². The minimum atomic E-state index is -0.800. The van der Waals surface area contributed by atoms with Crippen LogP contribution in [0.4, 0.5) is 0 Å². The van der Waals surface area contributed by atoms with E-state index in [1.165, 1.54) is 0 Å². The maximum absolute atomic E-state index is 12.1. The molecule has 0 spiro atoms. The van der Waals surface area contributed by atoms with Crippen LogP contribution in [-0.4, -0.2) is 13.0 Å².